The topological polar surface area (TPSA) is 55.8 Å². The van der Waals surface area contributed by atoms with Crippen molar-refractivity contribution in [3.8, 4) is 5.75 Å². The Kier molecular flexibility index (Phi) is 6.48. The number of aryl methyl sites for hydroxylation is 1. The molecule has 1 heterocycles. The van der Waals surface area contributed by atoms with Crippen molar-refractivity contribution in [1.82, 2.24) is 15.1 Å². The molecule has 0 saturated carbocycles. The molecule has 27 heavy (non-hydrogen) atoms. The second-order valence-electron chi connectivity index (χ2n) is 7.23. The molecule has 0 radical (unpaired) electrons. The number of carbonyl (C=O) groups excluding carboxylic acids is 1. The fourth-order valence-corrected chi connectivity index (χ4v) is 3.40. The minimum atomic E-state index is -0.259. The molecular formula is C22H29N3O2. The fraction of sp³-hybridized carbons (Fsp3) is 0.409. The van der Waals surface area contributed by atoms with Crippen LogP contribution in [0.15, 0.2) is 42.5 Å². The second-order valence-corrected chi connectivity index (χ2v) is 7.23. The molecule has 0 unspecified atom stereocenters. The maximum Gasteiger partial charge on any atom is 0.255 e. The number of phenolic OH excluding ortho intramolecular Hbond substituents is 1. The summed E-state index contributed by atoms with van der Waals surface area (Å²) in [5, 5.41) is 12.8. The van der Waals surface area contributed by atoms with E-state index in [0.717, 1.165) is 50.4 Å². The van der Waals surface area contributed by atoms with Gasteiger partial charge in [-0.1, -0.05) is 37.3 Å². The van der Waals surface area contributed by atoms with Gasteiger partial charge in [0.1, 0.15) is 5.75 Å². The van der Waals surface area contributed by atoms with Gasteiger partial charge in [0.2, 0.25) is 0 Å². The first kappa shape index (κ1) is 19.4. The van der Waals surface area contributed by atoms with Crippen LogP contribution in [0.4, 0.5) is 0 Å². The van der Waals surface area contributed by atoms with Crippen LogP contribution in [0.1, 0.15) is 34.0 Å². The molecule has 0 atom stereocenters. The third-order valence-corrected chi connectivity index (χ3v) is 5.19. The van der Waals surface area contributed by atoms with E-state index in [4.69, 9.17) is 0 Å². The molecule has 0 aliphatic carbocycles. The summed E-state index contributed by atoms with van der Waals surface area (Å²) in [4.78, 5) is 17.2. The highest BCUT2D eigenvalue weighted by Crippen LogP contribution is 2.18. The average Bonchev–Trinajstić information content (AvgIpc) is 2.68. The Balaban J connectivity index is 1.50. The standard InChI is InChI=1S/C22H29N3O2/c1-3-24-10-12-25(13-11-24)16-19-7-5-18(6-8-19)15-23-22(27)20-9-4-17(2)14-21(20)26/h4-9,14,26H,3,10-13,15-16H2,1-2H3,(H,23,27). The number of benzene rings is 2. The highest BCUT2D eigenvalue weighted by Gasteiger charge is 2.15. The number of aromatic hydroxyl groups is 1. The summed E-state index contributed by atoms with van der Waals surface area (Å²) < 4.78 is 0. The van der Waals surface area contributed by atoms with E-state index in [9.17, 15) is 9.90 Å². The van der Waals surface area contributed by atoms with E-state index in [1.54, 1.807) is 12.1 Å². The number of nitrogens with one attached hydrogen (secondary N) is 1. The van der Waals surface area contributed by atoms with Crippen molar-refractivity contribution in [2.75, 3.05) is 32.7 Å². The highest BCUT2D eigenvalue weighted by molar-refractivity contribution is 5.96. The lowest BCUT2D eigenvalue weighted by atomic mass is 10.1. The number of piperazine rings is 1. The van der Waals surface area contributed by atoms with Gasteiger partial charge in [-0.15, -0.1) is 0 Å². The van der Waals surface area contributed by atoms with Gasteiger partial charge in [0.25, 0.3) is 5.91 Å². The van der Waals surface area contributed by atoms with E-state index in [2.05, 4.69) is 46.3 Å². The van der Waals surface area contributed by atoms with Crippen LogP contribution in [0.2, 0.25) is 0 Å². The number of carbonyl (C=O) groups is 1. The van der Waals surface area contributed by atoms with E-state index in [1.165, 1.54) is 5.56 Å². The molecule has 1 saturated heterocycles. The maximum absolute atomic E-state index is 12.2. The third-order valence-electron chi connectivity index (χ3n) is 5.19. The molecule has 1 amide bonds. The van der Waals surface area contributed by atoms with Crippen LogP contribution in [0, 0.1) is 6.92 Å². The predicted octanol–water partition coefficient (Wildman–Crippen LogP) is 2.77. The van der Waals surface area contributed by atoms with Gasteiger partial charge in [0, 0.05) is 39.3 Å². The largest absolute Gasteiger partial charge is 0.507 e. The van der Waals surface area contributed by atoms with E-state index in [-0.39, 0.29) is 11.7 Å². The summed E-state index contributed by atoms with van der Waals surface area (Å²) in [6, 6.07) is 13.5. The minimum Gasteiger partial charge on any atom is -0.507 e. The normalized spacial score (nSPS) is 15.6. The Morgan fingerprint density at radius 1 is 1.00 bits per heavy atom. The Morgan fingerprint density at radius 3 is 2.26 bits per heavy atom. The summed E-state index contributed by atoms with van der Waals surface area (Å²) in [5.41, 5.74) is 3.58. The van der Waals surface area contributed by atoms with Gasteiger partial charge in [-0.05, 0) is 42.3 Å². The molecule has 1 aliphatic rings. The highest BCUT2D eigenvalue weighted by atomic mass is 16.3. The third kappa shape index (κ3) is 5.31. The van der Waals surface area contributed by atoms with Crippen molar-refractivity contribution >= 4 is 5.91 Å². The first-order valence-electron chi connectivity index (χ1n) is 9.65. The summed E-state index contributed by atoms with van der Waals surface area (Å²) in [7, 11) is 0. The Bertz CT molecular complexity index is 766. The van der Waals surface area contributed by atoms with Crippen molar-refractivity contribution in [3.05, 3.63) is 64.7 Å². The van der Waals surface area contributed by atoms with Crippen molar-refractivity contribution < 1.29 is 9.90 Å². The molecule has 144 valence electrons. The zero-order chi connectivity index (χ0) is 19.2. The van der Waals surface area contributed by atoms with Crippen LogP contribution < -0.4 is 5.32 Å². The first-order chi connectivity index (χ1) is 13.0. The fourth-order valence-electron chi connectivity index (χ4n) is 3.40. The molecule has 2 N–H and O–H groups in total. The van der Waals surface area contributed by atoms with Crippen molar-refractivity contribution in [1.29, 1.82) is 0 Å². The lowest BCUT2D eigenvalue weighted by molar-refractivity contribution is 0.0948. The number of hydrogen-bond donors (Lipinski definition) is 2. The summed E-state index contributed by atoms with van der Waals surface area (Å²) in [6.07, 6.45) is 0. The van der Waals surface area contributed by atoms with Crippen molar-refractivity contribution in [2.45, 2.75) is 26.9 Å². The van der Waals surface area contributed by atoms with E-state index < -0.39 is 0 Å². The number of rotatable bonds is 6. The number of likely N-dealkylation sites (N-methyl/N-ethyl adjacent to an activating group) is 1. The molecule has 2 aromatic rings. The molecule has 1 aliphatic heterocycles. The second kappa shape index (κ2) is 9.02. The molecule has 5 nitrogen and oxygen atoms in total. The van der Waals surface area contributed by atoms with Gasteiger partial charge in [-0.2, -0.15) is 0 Å². The molecule has 1 fully saturated rings. The van der Waals surface area contributed by atoms with Crippen LogP contribution in [0.25, 0.3) is 0 Å². The van der Waals surface area contributed by atoms with Crippen LogP contribution in [0.5, 0.6) is 5.75 Å². The predicted molar refractivity (Wildman–Crippen MR) is 108 cm³/mol. The zero-order valence-electron chi connectivity index (χ0n) is 16.2. The lowest BCUT2D eigenvalue weighted by Gasteiger charge is -2.34. The van der Waals surface area contributed by atoms with Crippen molar-refractivity contribution in [3.63, 3.8) is 0 Å². The molecule has 2 aromatic carbocycles. The smallest absolute Gasteiger partial charge is 0.255 e. The average molecular weight is 367 g/mol. The molecule has 0 bridgehead atoms. The Morgan fingerprint density at radius 2 is 1.63 bits per heavy atom. The lowest BCUT2D eigenvalue weighted by Crippen LogP contribution is -2.45. The van der Waals surface area contributed by atoms with Gasteiger partial charge in [0.05, 0.1) is 5.56 Å². The van der Waals surface area contributed by atoms with Gasteiger partial charge in [0.15, 0.2) is 0 Å². The van der Waals surface area contributed by atoms with Gasteiger partial charge < -0.3 is 15.3 Å². The van der Waals surface area contributed by atoms with E-state index in [1.807, 2.05) is 13.0 Å². The van der Waals surface area contributed by atoms with Gasteiger partial charge in [-0.25, -0.2) is 0 Å². The van der Waals surface area contributed by atoms with E-state index in [0.29, 0.717) is 12.1 Å². The van der Waals surface area contributed by atoms with Crippen LogP contribution in [-0.2, 0) is 13.1 Å². The monoisotopic (exact) mass is 367 g/mol. The Labute approximate surface area is 161 Å². The SMILES string of the molecule is CCN1CCN(Cc2ccc(CNC(=O)c3ccc(C)cc3O)cc2)CC1. The molecule has 0 aromatic heterocycles. The van der Waals surface area contributed by atoms with Crippen LogP contribution >= 0.6 is 0 Å². The number of nitrogens with zero attached hydrogens (tertiary/aromatic N) is 2. The molecular weight excluding hydrogens is 338 g/mol. The molecule has 3 rings (SSSR count). The zero-order valence-corrected chi connectivity index (χ0v) is 16.2. The van der Waals surface area contributed by atoms with Gasteiger partial charge >= 0.3 is 0 Å². The first-order valence-corrected chi connectivity index (χ1v) is 9.65. The van der Waals surface area contributed by atoms with Crippen LogP contribution in [0.3, 0.4) is 0 Å². The number of hydrogen-bond acceptors (Lipinski definition) is 4. The number of amides is 1. The molecule has 0 spiro atoms. The quantitative estimate of drug-likeness (QED) is 0.824. The summed E-state index contributed by atoms with van der Waals surface area (Å²) >= 11 is 0. The van der Waals surface area contributed by atoms with E-state index >= 15 is 0 Å². The molecule has 5 heteroatoms. The Hall–Kier alpha value is -2.37. The number of phenols is 1. The summed E-state index contributed by atoms with van der Waals surface area (Å²) in [5.74, 6) is -0.239. The van der Waals surface area contributed by atoms with Crippen LogP contribution in [-0.4, -0.2) is 53.5 Å². The minimum absolute atomic E-state index is 0.0195. The maximum atomic E-state index is 12.2. The van der Waals surface area contributed by atoms with Gasteiger partial charge in [-0.3, -0.25) is 9.69 Å². The van der Waals surface area contributed by atoms with Crippen molar-refractivity contribution in [2.24, 2.45) is 0 Å². The summed E-state index contributed by atoms with van der Waals surface area (Å²) in [6.45, 7) is 11.2.